The zero-order valence-electron chi connectivity index (χ0n) is 8.98. The van der Waals surface area contributed by atoms with Crippen LogP contribution in [0.1, 0.15) is 43.7 Å². The second-order valence-corrected chi connectivity index (χ2v) is 4.66. The zero-order valence-corrected chi connectivity index (χ0v) is 8.98. The monoisotopic (exact) mass is 211 g/mol. The summed E-state index contributed by atoms with van der Waals surface area (Å²) in [5.41, 5.74) is 6.40. The number of nitrogens with two attached hydrogens (primary N) is 1. The molecule has 0 spiro atoms. The van der Waals surface area contributed by atoms with Crippen LogP contribution in [0.15, 0.2) is 12.1 Å². The van der Waals surface area contributed by atoms with Gasteiger partial charge >= 0.3 is 0 Å². The smallest absolute Gasteiger partial charge is 0.131 e. The fraction of sp³-hybridized carbons (Fsp3) is 0.500. The van der Waals surface area contributed by atoms with Gasteiger partial charge in [-0.15, -0.1) is 0 Å². The highest BCUT2D eigenvalue weighted by Crippen LogP contribution is 2.44. The van der Waals surface area contributed by atoms with Crippen molar-refractivity contribution in [2.45, 2.75) is 38.1 Å². The topological polar surface area (TPSA) is 26.0 Å². The maximum Gasteiger partial charge on any atom is 0.131 e. The molecular formula is C12H15F2N. The molecule has 1 nitrogen and oxygen atoms in total. The molecule has 1 aliphatic rings. The van der Waals surface area contributed by atoms with Crippen LogP contribution < -0.4 is 5.73 Å². The summed E-state index contributed by atoms with van der Waals surface area (Å²) < 4.78 is 26.9. The minimum Gasteiger partial charge on any atom is -0.321 e. The van der Waals surface area contributed by atoms with Gasteiger partial charge in [0, 0.05) is 17.2 Å². The van der Waals surface area contributed by atoms with E-state index < -0.39 is 17.2 Å². The van der Waals surface area contributed by atoms with E-state index in [1.807, 2.05) is 13.8 Å². The highest BCUT2D eigenvalue weighted by molar-refractivity contribution is 5.36. The normalized spacial score (nSPS) is 18.3. The number of benzene rings is 1. The van der Waals surface area contributed by atoms with E-state index in [9.17, 15) is 8.78 Å². The Bertz CT molecular complexity index is 395. The largest absolute Gasteiger partial charge is 0.321 e. The summed E-state index contributed by atoms with van der Waals surface area (Å²) in [6.07, 6.45) is 1.57. The van der Waals surface area contributed by atoms with Crippen LogP contribution in [0, 0.1) is 11.6 Å². The van der Waals surface area contributed by atoms with Crippen molar-refractivity contribution in [3.05, 3.63) is 34.9 Å². The summed E-state index contributed by atoms with van der Waals surface area (Å²) in [4.78, 5) is 0. The Morgan fingerprint density at radius 3 is 2.27 bits per heavy atom. The van der Waals surface area contributed by atoms with Crippen molar-refractivity contribution in [3.63, 3.8) is 0 Å². The van der Waals surface area contributed by atoms with Gasteiger partial charge < -0.3 is 5.73 Å². The van der Waals surface area contributed by atoms with E-state index in [-0.39, 0.29) is 5.92 Å². The molecule has 3 heteroatoms. The Balaban J connectivity index is 2.51. The molecule has 0 amide bonds. The minimum absolute atomic E-state index is 0.0479. The summed E-state index contributed by atoms with van der Waals surface area (Å²) >= 11 is 0. The molecule has 2 rings (SSSR count). The Kier molecular flexibility index (Phi) is 2.30. The quantitative estimate of drug-likeness (QED) is 0.799. The van der Waals surface area contributed by atoms with Crippen molar-refractivity contribution in [2.75, 3.05) is 0 Å². The van der Waals surface area contributed by atoms with Gasteiger partial charge in [0.1, 0.15) is 11.6 Å². The molecule has 1 saturated carbocycles. The van der Waals surface area contributed by atoms with E-state index >= 15 is 0 Å². The predicted molar refractivity (Wildman–Crippen MR) is 55.5 cm³/mol. The molecule has 0 aliphatic heterocycles. The van der Waals surface area contributed by atoms with Crippen LogP contribution in [0.2, 0.25) is 0 Å². The Labute approximate surface area is 88.3 Å². The molecule has 0 atom stereocenters. The van der Waals surface area contributed by atoms with Gasteiger partial charge in [0.15, 0.2) is 0 Å². The van der Waals surface area contributed by atoms with E-state index in [0.29, 0.717) is 11.1 Å². The van der Waals surface area contributed by atoms with Crippen molar-refractivity contribution in [3.8, 4) is 0 Å². The van der Waals surface area contributed by atoms with Crippen LogP contribution in [0.25, 0.3) is 0 Å². The van der Waals surface area contributed by atoms with Crippen LogP contribution in [-0.4, -0.2) is 0 Å². The van der Waals surface area contributed by atoms with E-state index in [1.54, 1.807) is 6.07 Å². The molecule has 82 valence electrons. The highest BCUT2D eigenvalue weighted by atomic mass is 19.1. The van der Waals surface area contributed by atoms with Crippen molar-refractivity contribution in [1.29, 1.82) is 0 Å². The molecular weight excluding hydrogens is 196 g/mol. The highest BCUT2D eigenvalue weighted by Gasteiger charge is 2.42. The molecule has 1 fully saturated rings. The molecule has 0 heterocycles. The van der Waals surface area contributed by atoms with Crippen molar-refractivity contribution in [2.24, 2.45) is 5.73 Å². The third kappa shape index (κ3) is 1.76. The molecule has 0 unspecified atom stereocenters. The summed E-state index contributed by atoms with van der Waals surface area (Å²) in [5.74, 6) is -0.945. The summed E-state index contributed by atoms with van der Waals surface area (Å²) in [5, 5.41) is 0. The van der Waals surface area contributed by atoms with Crippen LogP contribution in [0.5, 0.6) is 0 Å². The number of hydrogen-bond donors (Lipinski definition) is 1. The van der Waals surface area contributed by atoms with Gasteiger partial charge in [0.05, 0.1) is 0 Å². The number of hydrogen-bond acceptors (Lipinski definition) is 1. The molecule has 1 aromatic carbocycles. The van der Waals surface area contributed by atoms with Crippen LogP contribution >= 0.6 is 0 Å². The van der Waals surface area contributed by atoms with Crippen LogP contribution in [-0.2, 0) is 5.54 Å². The van der Waals surface area contributed by atoms with Gasteiger partial charge in [-0.25, -0.2) is 8.78 Å². The molecule has 15 heavy (non-hydrogen) atoms. The lowest BCUT2D eigenvalue weighted by molar-refractivity contribution is 0.539. The summed E-state index contributed by atoms with van der Waals surface area (Å²) in [7, 11) is 0. The van der Waals surface area contributed by atoms with Crippen LogP contribution in [0.4, 0.5) is 8.78 Å². The summed E-state index contributed by atoms with van der Waals surface area (Å²) in [6.45, 7) is 3.77. The second kappa shape index (κ2) is 3.27. The van der Waals surface area contributed by atoms with Gasteiger partial charge in [-0.05, 0) is 30.4 Å². The predicted octanol–water partition coefficient (Wildman–Crippen LogP) is 3.04. The molecule has 0 bridgehead atoms. The molecule has 0 radical (unpaired) electrons. The SMILES string of the molecule is CC(C)c1cc(C2(N)CC2)c(F)cc1F. The van der Waals surface area contributed by atoms with Gasteiger partial charge in [-0.1, -0.05) is 13.8 Å². The standard InChI is InChI=1S/C12H15F2N/c1-7(2)8-5-9(12(15)3-4-12)11(14)6-10(8)13/h5-7H,3-4,15H2,1-2H3. The van der Waals surface area contributed by atoms with Crippen molar-refractivity contribution >= 4 is 0 Å². The molecule has 2 N–H and O–H groups in total. The lowest BCUT2D eigenvalue weighted by atomic mass is 9.96. The first-order valence-corrected chi connectivity index (χ1v) is 5.22. The van der Waals surface area contributed by atoms with Gasteiger partial charge in [0.25, 0.3) is 0 Å². The average molecular weight is 211 g/mol. The first-order valence-electron chi connectivity index (χ1n) is 5.22. The minimum atomic E-state index is -0.540. The molecule has 0 saturated heterocycles. The number of rotatable bonds is 2. The average Bonchev–Trinajstić information content (AvgIpc) is 2.83. The third-order valence-electron chi connectivity index (χ3n) is 3.03. The molecule has 1 aliphatic carbocycles. The van der Waals surface area contributed by atoms with Gasteiger partial charge in [0.2, 0.25) is 0 Å². The second-order valence-electron chi connectivity index (χ2n) is 4.66. The van der Waals surface area contributed by atoms with Crippen molar-refractivity contribution in [1.82, 2.24) is 0 Å². The lowest BCUT2D eigenvalue weighted by Crippen LogP contribution is -2.21. The first-order chi connectivity index (χ1) is 6.94. The lowest BCUT2D eigenvalue weighted by Gasteiger charge is -2.15. The first kappa shape index (κ1) is 10.6. The van der Waals surface area contributed by atoms with Gasteiger partial charge in [-0.3, -0.25) is 0 Å². The van der Waals surface area contributed by atoms with E-state index in [0.717, 1.165) is 18.9 Å². The Morgan fingerprint density at radius 2 is 1.80 bits per heavy atom. The van der Waals surface area contributed by atoms with Gasteiger partial charge in [-0.2, -0.15) is 0 Å². The maximum absolute atomic E-state index is 13.5. The third-order valence-corrected chi connectivity index (χ3v) is 3.03. The number of halogens is 2. The Hall–Kier alpha value is -0.960. The fourth-order valence-corrected chi connectivity index (χ4v) is 1.79. The van der Waals surface area contributed by atoms with Crippen molar-refractivity contribution < 1.29 is 8.78 Å². The summed E-state index contributed by atoms with van der Waals surface area (Å²) in [6, 6.07) is 2.54. The van der Waals surface area contributed by atoms with E-state index in [4.69, 9.17) is 5.73 Å². The van der Waals surface area contributed by atoms with Crippen LogP contribution in [0.3, 0.4) is 0 Å². The van der Waals surface area contributed by atoms with E-state index in [2.05, 4.69) is 0 Å². The zero-order chi connectivity index (χ0) is 11.2. The fourth-order valence-electron chi connectivity index (χ4n) is 1.79. The van der Waals surface area contributed by atoms with E-state index in [1.165, 1.54) is 0 Å². The molecule has 1 aromatic rings. The maximum atomic E-state index is 13.5. The molecule has 0 aromatic heterocycles. The Morgan fingerprint density at radius 1 is 1.20 bits per heavy atom.